The van der Waals surface area contributed by atoms with E-state index in [9.17, 15) is 0 Å². The van der Waals surface area contributed by atoms with Crippen molar-refractivity contribution in [2.24, 2.45) is 11.8 Å². The summed E-state index contributed by atoms with van der Waals surface area (Å²) >= 11 is 2.01. The maximum absolute atomic E-state index is 3.75. The molecule has 112 valence electrons. The lowest BCUT2D eigenvalue weighted by Gasteiger charge is -2.34. The van der Waals surface area contributed by atoms with Gasteiger partial charge in [0.2, 0.25) is 0 Å². The standard InChI is InChI=1S/C18H29NS/c1-3-15-9-8-10-16(13-15)18(19-4-2)14-20-17-11-6-5-7-12-17/h5-7,11-12,15-16,18-19H,3-4,8-10,13-14H2,1-2H3. The maximum Gasteiger partial charge on any atom is 0.0189 e. The second-order valence-electron chi connectivity index (χ2n) is 5.99. The summed E-state index contributed by atoms with van der Waals surface area (Å²) in [6.07, 6.45) is 7.10. The molecule has 1 aliphatic rings. The molecule has 20 heavy (non-hydrogen) atoms. The summed E-state index contributed by atoms with van der Waals surface area (Å²) < 4.78 is 0. The molecule has 0 spiro atoms. The van der Waals surface area contributed by atoms with Crippen molar-refractivity contribution in [2.75, 3.05) is 12.3 Å². The fourth-order valence-corrected chi connectivity index (χ4v) is 4.51. The van der Waals surface area contributed by atoms with Crippen LogP contribution in [0.15, 0.2) is 35.2 Å². The van der Waals surface area contributed by atoms with Crippen molar-refractivity contribution in [1.29, 1.82) is 0 Å². The average Bonchev–Trinajstić information content (AvgIpc) is 2.52. The smallest absolute Gasteiger partial charge is 0.0189 e. The topological polar surface area (TPSA) is 12.0 Å². The molecule has 0 radical (unpaired) electrons. The second kappa shape index (κ2) is 8.74. The lowest BCUT2D eigenvalue weighted by atomic mass is 9.77. The van der Waals surface area contributed by atoms with Gasteiger partial charge in [-0.25, -0.2) is 0 Å². The van der Waals surface area contributed by atoms with E-state index in [1.807, 2.05) is 11.8 Å². The van der Waals surface area contributed by atoms with Crippen LogP contribution in [0.3, 0.4) is 0 Å². The van der Waals surface area contributed by atoms with Crippen LogP contribution < -0.4 is 5.32 Å². The minimum absolute atomic E-state index is 0.680. The van der Waals surface area contributed by atoms with Gasteiger partial charge in [0, 0.05) is 16.7 Å². The SMILES string of the molecule is CCNC(CSc1ccccc1)C1CCCC(CC)C1. The molecule has 1 aromatic rings. The van der Waals surface area contributed by atoms with Gasteiger partial charge in [-0.05, 0) is 43.4 Å². The number of hydrogen-bond donors (Lipinski definition) is 1. The first kappa shape index (κ1) is 15.9. The van der Waals surface area contributed by atoms with Gasteiger partial charge in [-0.15, -0.1) is 11.8 Å². The Bertz CT molecular complexity index is 365. The number of hydrogen-bond acceptors (Lipinski definition) is 2. The van der Waals surface area contributed by atoms with Crippen LogP contribution in [0.5, 0.6) is 0 Å². The Labute approximate surface area is 128 Å². The summed E-state index contributed by atoms with van der Waals surface area (Å²) in [5.74, 6) is 3.06. The highest BCUT2D eigenvalue weighted by Gasteiger charge is 2.27. The van der Waals surface area contributed by atoms with Gasteiger partial charge in [0.15, 0.2) is 0 Å². The van der Waals surface area contributed by atoms with Gasteiger partial charge in [-0.3, -0.25) is 0 Å². The van der Waals surface area contributed by atoms with Crippen LogP contribution in [0.25, 0.3) is 0 Å². The van der Waals surface area contributed by atoms with Crippen LogP contribution in [-0.2, 0) is 0 Å². The van der Waals surface area contributed by atoms with E-state index >= 15 is 0 Å². The third-order valence-corrected chi connectivity index (χ3v) is 5.74. The van der Waals surface area contributed by atoms with Gasteiger partial charge in [-0.1, -0.05) is 51.3 Å². The molecule has 0 amide bonds. The Hall–Kier alpha value is -0.470. The van der Waals surface area contributed by atoms with Crippen LogP contribution in [0, 0.1) is 11.8 Å². The summed E-state index contributed by atoms with van der Waals surface area (Å²) in [5, 5.41) is 3.75. The summed E-state index contributed by atoms with van der Waals surface area (Å²) in [6.45, 7) is 5.68. The second-order valence-corrected chi connectivity index (χ2v) is 7.08. The molecule has 1 saturated carbocycles. The zero-order chi connectivity index (χ0) is 14.2. The van der Waals surface area contributed by atoms with Gasteiger partial charge in [0.25, 0.3) is 0 Å². The fraction of sp³-hybridized carbons (Fsp3) is 0.667. The molecule has 0 aromatic heterocycles. The van der Waals surface area contributed by atoms with E-state index in [2.05, 4.69) is 49.5 Å². The summed E-state index contributed by atoms with van der Waals surface area (Å²) in [6, 6.07) is 11.5. The highest BCUT2D eigenvalue weighted by Crippen LogP contribution is 2.34. The molecular weight excluding hydrogens is 262 g/mol. The van der Waals surface area contributed by atoms with Crippen molar-refractivity contribution in [3.8, 4) is 0 Å². The highest BCUT2D eigenvalue weighted by molar-refractivity contribution is 7.99. The first-order valence-electron chi connectivity index (χ1n) is 8.24. The first-order chi connectivity index (χ1) is 9.83. The molecule has 0 saturated heterocycles. The van der Waals surface area contributed by atoms with Crippen molar-refractivity contribution in [1.82, 2.24) is 5.32 Å². The molecule has 3 unspecified atom stereocenters. The fourth-order valence-electron chi connectivity index (χ4n) is 3.40. The Morgan fingerprint density at radius 1 is 1.20 bits per heavy atom. The molecule has 1 aliphatic carbocycles. The van der Waals surface area contributed by atoms with Crippen LogP contribution in [0.2, 0.25) is 0 Å². The van der Waals surface area contributed by atoms with E-state index in [0.29, 0.717) is 6.04 Å². The van der Waals surface area contributed by atoms with E-state index in [1.165, 1.54) is 42.8 Å². The van der Waals surface area contributed by atoms with Gasteiger partial charge < -0.3 is 5.32 Å². The zero-order valence-corrected chi connectivity index (χ0v) is 13.8. The van der Waals surface area contributed by atoms with Gasteiger partial charge in [0.1, 0.15) is 0 Å². The van der Waals surface area contributed by atoms with Crippen molar-refractivity contribution in [2.45, 2.75) is 56.9 Å². The number of benzene rings is 1. The molecule has 1 nitrogen and oxygen atoms in total. The predicted octanol–water partition coefficient (Wildman–Crippen LogP) is 4.97. The minimum atomic E-state index is 0.680. The van der Waals surface area contributed by atoms with Crippen LogP contribution >= 0.6 is 11.8 Å². The summed E-state index contributed by atoms with van der Waals surface area (Å²) in [5.41, 5.74) is 0. The molecule has 0 aliphatic heterocycles. The lowest BCUT2D eigenvalue weighted by Crippen LogP contribution is -2.40. The molecule has 0 bridgehead atoms. The van der Waals surface area contributed by atoms with Gasteiger partial charge in [0.05, 0.1) is 0 Å². The third-order valence-electron chi connectivity index (χ3n) is 4.61. The van der Waals surface area contributed by atoms with E-state index in [0.717, 1.165) is 18.4 Å². The molecule has 1 fully saturated rings. The van der Waals surface area contributed by atoms with E-state index in [-0.39, 0.29) is 0 Å². The summed E-state index contributed by atoms with van der Waals surface area (Å²) in [7, 11) is 0. The molecule has 3 atom stereocenters. The Balaban J connectivity index is 1.89. The monoisotopic (exact) mass is 291 g/mol. The maximum atomic E-state index is 3.75. The first-order valence-corrected chi connectivity index (χ1v) is 9.23. The van der Waals surface area contributed by atoms with Crippen molar-refractivity contribution < 1.29 is 0 Å². The van der Waals surface area contributed by atoms with E-state index in [4.69, 9.17) is 0 Å². The molecule has 0 heterocycles. The van der Waals surface area contributed by atoms with E-state index in [1.54, 1.807) is 0 Å². The van der Waals surface area contributed by atoms with Crippen molar-refractivity contribution in [3.05, 3.63) is 30.3 Å². The minimum Gasteiger partial charge on any atom is -0.313 e. The van der Waals surface area contributed by atoms with Crippen LogP contribution in [0.4, 0.5) is 0 Å². The quantitative estimate of drug-likeness (QED) is 0.712. The molecule has 2 rings (SSSR count). The normalized spacial score (nSPS) is 24.5. The molecule has 1 N–H and O–H groups in total. The Kier molecular flexibility index (Phi) is 6.95. The molecular formula is C18H29NS. The van der Waals surface area contributed by atoms with Gasteiger partial charge in [-0.2, -0.15) is 0 Å². The van der Waals surface area contributed by atoms with Crippen molar-refractivity contribution in [3.63, 3.8) is 0 Å². The Morgan fingerprint density at radius 2 is 2.00 bits per heavy atom. The highest BCUT2D eigenvalue weighted by atomic mass is 32.2. The average molecular weight is 292 g/mol. The lowest BCUT2D eigenvalue weighted by molar-refractivity contribution is 0.220. The number of nitrogens with one attached hydrogen (secondary N) is 1. The molecule has 1 aromatic carbocycles. The van der Waals surface area contributed by atoms with Crippen molar-refractivity contribution >= 4 is 11.8 Å². The Morgan fingerprint density at radius 3 is 2.70 bits per heavy atom. The van der Waals surface area contributed by atoms with Gasteiger partial charge >= 0.3 is 0 Å². The number of rotatable bonds is 7. The third kappa shape index (κ3) is 4.82. The van der Waals surface area contributed by atoms with Crippen LogP contribution in [-0.4, -0.2) is 18.3 Å². The predicted molar refractivity (Wildman–Crippen MR) is 90.4 cm³/mol. The largest absolute Gasteiger partial charge is 0.313 e. The zero-order valence-electron chi connectivity index (χ0n) is 13.0. The number of thioether (sulfide) groups is 1. The van der Waals surface area contributed by atoms with E-state index < -0.39 is 0 Å². The molecule has 2 heteroatoms. The van der Waals surface area contributed by atoms with Crippen LogP contribution in [0.1, 0.15) is 46.0 Å². The summed E-state index contributed by atoms with van der Waals surface area (Å²) in [4.78, 5) is 1.40.